The summed E-state index contributed by atoms with van der Waals surface area (Å²) in [5.41, 5.74) is 6.27. The van der Waals surface area contributed by atoms with Gasteiger partial charge in [-0.2, -0.15) is 0 Å². The molecule has 0 amide bonds. The van der Waals surface area contributed by atoms with E-state index in [9.17, 15) is 0 Å². The van der Waals surface area contributed by atoms with Crippen molar-refractivity contribution in [3.05, 3.63) is 41.0 Å². The van der Waals surface area contributed by atoms with Crippen molar-refractivity contribution in [3.63, 3.8) is 0 Å². The van der Waals surface area contributed by atoms with E-state index in [0.717, 1.165) is 19.6 Å². The van der Waals surface area contributed by atoms with Crippen molar-refractivity contribution in [1.29, 1.82) is 0 Å². The number of benzene rings is 1. The Bertz CT molecular complexity index is 537. The predicted octanol–water partition coefficient (Wildman–Crippen LogP) is 4.22. The highest BCUT2D eigenvalue weighted by Gasteiger charge is 2.21. The van der Waals surface area contributed by atoms with Crippen molar-refractivity contribution in [2.24, 2.45) is 5.41 Å². The number of nitrogens with zero attached hydrogens (tertiary/aromatic N) is 1. The Morgan fingerprint density at radius 2 is 2.05 bits per heavy atom. The van der Waals surface area contributed by atoms with Crippen LogP contribution in [0.15, 0.2) is 29.8 Å². The summed E-state index contributed by atoms with van der Waals surface area (Å²) in [5, 5.41) is 3.49. The summed E-state index contributed by atoms with van der Waals surface area (Å²) in [6.45, 7) is 11.5. The average molecular weight is 284 g/mol. The fourth-order valence-corrected chi connectivity index (χ4v) is 3.42. The Hall–Kier alpha value is -1.28. The van der Waals surface area contributed by atoms with Gasteiger partial charge in [0.1, 0.15) is 0 Å². The first kappa shape index (κ1) is 14.6. The maximum Gasteiger partial charge on any atom is 0.0372 e. The highest BCUT2D eigenvalue weighted by atomic mass is 15.1. The molecule has 2 nitrogen and oxygen atoms in total. The first-order valence-corrected chi connectivity index (χ1v) is 8.30. The van der Waals surface area contributed by atoms with Gasteiger partial charge in [-0.1, -0.05) is 44.6 Å². The van der Waals surface area contributed by atoms with Crippen LogP contribution in [0.25, 0.3) is 0 Å². The molecule has 3 rings (SSSR count). The quantitative estimate of drug-likeness (QED) is 0.818. The standard InChI is InChI=1S/C19H28N2/c1-19(2,3)17-8-11-21(12-9-17)14-15-6-7-18-16(13-15)5-4-10-20-18/h6-8,13,20H,4-5,9-12,14H2,1-3H3. The summed E-state index contributed by atoms with van der Waals surface area (Å²) in [4.78, 5) is 2.56. The molecule has 2 aliphatic heterocycles. The molecule has 1 N–H and O–H groups in total. The molecule has 0 aliphatic carbocycles. The van der Waals surface area contributed by atoms with Gasteiger partial charge in [-0.25, -0.2) is 0 Å². The maximum absolute atomic E-state index is 3.49. The summed E-state index contributed by atoms with van der Waals surface area (Å²) in [6.07, 6.45) is 6.15. The molecular formula is C19H28N2. The van der Waals surface area contributed by atoms with Gasteiger partial charge in [0.05, 0.1) is 0 Å². The zero-order valence-corrected chi connectivity index (χ0v) is 13.7. The first-order valence-electron chi connectivity index (χ1n) is 8.30. The Morgan fingerprint density at radius 3 is 2.76 bits per heavy atom. The van der Waals surface area contributed by atoms with Crippen molar-refractivity contribution < 1.29 is 0 Å². The second-order valence-electron chi connectivity index (χ2n) is 7.49. The fraction of sp³-hybridized carbons (Fsp3) is 0.579. The van der Waals surface area contributed by atoms with E-state index in [-0.39, 0.29) is 0 Å². The van der Waals surface area contributed by atoms with E-state index in [0.29, 0.717) is 5.41 Å². The molecule has 2 heteroatoms. The van der Waals surface area contributed by atoms with Gasteiger partial charge < -0.3 is 5.32 Å². The van der Waals surface area contributed by atoms with Crippen molar-refractivity contribution in [2.75, 3.05) is 25.0 Å². The maximum atomic E-state index is 3.49. The first-order chi connectivity index (χ1) is 10.0. The van der Waals surface area contributed by atoms with Gasteiger partial charge in [-0.15, -0.1) is 0 Å². The van der Waals surface area contributed by atoms with Crippen LogP contribution in [0.4, 0.5) is 5.69 Å². The monoisotopic (exact) mass is 284 g/mol. The number of rotatable bonds is 2. The molecule has 0 fully saturated rings. The molecule has 0 bridgehead atoms. The Kier molecular flexibility index (Phi) is 4.08. The van der Waals surface area contributed by atoms with Crippen LogP contribution < -0.4 is 5.32 Å². The van der Waals surface area contributed by atoms with E-state index in [1.807, 2.05) is 0 Å². The second-order valence-corrected chi connectivity index (χ2v) is 7.49. The molecular weight excluding hydrogens is 256 g/mol. The fourth-order valence-electron chi connectivity index (χ4n) is 3.42. The zero-order chi connectivity index (χ0) is 14.9. The normalized spacial score (nSPS) is 19.7. The summed E-state index contributed by atoms with van der Waals surface area (Å²) >= 11 is 0. The van der Waals surface area contributed by atoms with Gasteiger partial charge in [0, 0.05) is 31.9 Å². The number of anilines is 1. The molecule has 21 heavy (non-hydrogen) atoms. The van der Waals surface area contributed by atoms with Gasteiger partial charge in [-0.05, 0) is 41.9 Å². The average Bonchev–Trinajstić information content (AvgIpc) is 2.47. The summed E-state index contributed by atoms with van der Waals surface area (Å²) in [7, 11) is 0. The van der Waals surface area contributed by atoms with E-state index in [1.54, 1.807) is 5.57 Å². The SMILES string of the molecule is CC(C)(C)C1=CCN(Cc2ccc3c(c2)CCCN3)CC1. The third kappa shape index (κ3) is 3.49. The molecule has 0 atom stereocenters. The number of aryl methyl sites for hydroxylation is 1. The van der Waals surface area contributed by atoms with Crippen LogP contribution in [0, 0.1) is 5.41 Å². The van der Waals surface area contributed by atoms with Crippen molar-refractivity contribution in [3.8, 4) is 0 Å². The molecule has 0 spiro atoms. The van der Waals surface area contributed by atoms with Crippen LogP contribution >= 0.6 is 0 Å². The molecule has 2 heterocycles. The van der Waals surface area contributed by atoms with Crippen LogP contribution in [0.1, 0.15) is 44.7 Å². The van der Waals surface area contributed by atoms with Gasteiger partial charge in [0.2, 0.25) is 0 Å². The third-order valence-electron chi connectivity index (χ3n) is 4.77. The van der Waals surface area contributed by atoms with E-state index < -0.39 is 0 Å². The second kappa shape index (κ2) is 5.84. The van der Waals surface area contributed by atoms with Gasteiger partial charge >= 0.3 is 0 Å². The lowest BCUT2D eigenvalue weighted by molar-refractivity contribution is 0.271. The van der Waals surface area contributed by atoms with Crippen molar-refractivity contribution in [1.82, 2.24) is 4.90 Å². The van der Waals surface area contributed by atoms with Crippen LogP contribution in [0.2, 0.25) is 0 Å². The Labute approximate surface area is 129 Å². The smallest absolute Gasteiger partial charge is 0.0372 e. The molecule has 0 saturated heterocycles. The molecule has 2 aliphatic rings. The van der Waals surface area contributed by atoms with Crippen LogP contribution in [0.5, 0.6) is 0 Å². The van der Waals surface area contributed by atoms with Gasteiger partial charge in [0.25, 0.3) is 0 Å². The molecule has 0 unspecified atom stereocenters. The highest BCUT2D eigenvalue weighted by molar-refractivity contribution is 5.54. The number of nitrogens with one attached hydrogen (secondary N) is 1. The minimum atomic E-state index is 0.337. The molecule has 0 aromatic heterocycles. The number of hydrogen-bond acceptors (Lipinski definition) is 2. The Morgan fingerprint density at radius 1 is 1.19 bits per heavy atom. The van der Waals surface area contributed by atoms with Crippen molar-refractivity contribution in [2.45, 2.75) is 46.6 Å². The van der Waals surface area contributed by atoms with E-state index in [2.05, 4.69) is 55.3 Å². The third-order valence-corrected chi connectivity index (χ3v) is 4.77. The molecule has 1 aromatic rings. The highest BCUT2D eigenvalue weighted by Crippen LogP contribution is 2.30. The molecule has 114 valence electrons. The zero-order valence-electron chi connectivity index (χ0n) is 13.7. The lowest BCUT2D eigenvalue weighted by atomic mass is 9.83. The predicted molar refractivity (Wildman–Crippen MR) is 90.7 cm³/mol. The van der Waals surface area contributed by atoms with E-state index in [4.69, 9.17) is 0 Å². The van der Waals surface area contributed by atoms with Crippen LogP contribution in [-0.4, -0.2) is 24.5 Å². The van der Waals surface area contributed by atoms with Gasteiger partial charge in [0.15, 0.2) is 0 Å². The summed E-state index contributed by atoms with van der Waals surface area (Å²) < 4.78 is 0. The van der Waals surface area contributed by atoms with Gasteiger partial charge in [-0.3, -0.25) is 4.90 Å². The number of hydrogen-bond donors (Lipinski definition) is 1. The largest absolute Gasteiger partial charge is 0.385 e. The summed E-state index contributed by atoms with van der Waals surface area (Å²) in [6, 6.07) is 6.97. The van der Waals surface area contributed by atoms with Crippen LogP contribution in [-0.2, 0) is 13.0 Å². The van der Waals surface area contributed by atoms with Crippen molar-refractivity contribution >= 4 is 5.69 Å². The number of fused-ring (bicyclic) bond motifs is 1. The molecule has 0 radical (unpaired) electrons. The minimum absolute atomic E-state index is 0.337. The summed E-state index contributed by atoms with van der Waals surface area (Å²) in [5.74, 6) is 0. The lowest BCUT2D eigenvalue weighted by Crippen LogP contribution is -2.31. The Balaban J connectivity index is 1.64. The lowest BCUT2D eigenvalue weighted by Gasteiger charge is -2.32. The van der Waals surface area contributed by atoms with Crippen LogP contribution in [0.3, 0.4) is 0 Å². The van der Waals surface area contributed by atoms with E-state index in [1.165, 1.54) is 42.6 Å². The minimum Gasteiger partial charge on any atom is -0.385 e. The molecule has 0 saturated carbocycles. The van der Waals surface area contributed by atoms with E-state index >= 15 is 0 Å². The molecule has 1 aromatic carbocycles. The topological polar surface area (TPSA) is 15.3 Å².